The lowest BCUT2D eigenvalue weighted by Gasteiger charge is -2.06. The molecule has 62 valence electrons. The van der Waals surface area contributed by atoms with Crippen LogP contribution in [-0.2, 0) is 9.53 Å². The maximum Gasteiger partial charge on any atom is 0.309 e. The van der Waals surface area contributed by atoms with Gasteiger partial charge in [0, 0.05) is 6.42 Å². The third-order valence-electron chi connectivity index (χ3n) is 0.811. The summed E-state index contributed by atoms with van der Waals surface area (Å²) in [4.78, 5) is 11.6. The molecule has 1 N–H and O–H groups in total. The average molecular weight is 168 g/mol. The van der Waals surface area contributed by atoms with Gasteiger partial charge in [0.25, 0.3) is 0 Å². The highest BCUT2D eigenvalue weighted by molar-refractivity contribution is 5.68. The highest BCUT2D eigenvalue weighted by Gasteiger charge is 1.98. The van der Waals surface area contributed by atoms with Gasteiger partial charge in [-0.15, -0.1) is 0 Å². The van der Waals surface area contributed by atoms with E-state index in [1.807, 2.05) is 14.1 Å². The Morgan fingerprint density at radius 3 is 2.30 bits per heavy atom. The van der Waals surface area contributed by atoms with Crippen LogP contribution < -0.4 is 17.3 Å². The molecule has 0 aromatic carbocycles. The van der Waals surface area contributed by atoms with Gasteiger partial charge in [-0.1, -0.05) is 6.92 Å². The molecule has 0 atom stereocenters. The molecule has 0 spiro atoms. The van der Waals surface area contributed by atoms with E-state index in [2.05, 4.69) is 0 Å². The number of carbonyl (C=O) groups is 1. The Kier molecular flexibility index (Phi) is 8.48. The average Bonchev–Trinajstić information content (AvgIpc) is 1.83. The summed E-state index contributed by atoms with van der Waals surface area (Å²) < 4.78 is 4.78. The van der Waals surface area contributed by atoms with Crippen molar-refractivity contribution < 1.29 is 26.8 Å². The van der Waals surface area contributed by atoms with E-state index >= 15 is 0 Å². The second kappa shape index (κ2) is 6.83. The van der Waals surface area contributed by atoms with Crippen molar-refractivity contribution in [3.05, 3.63) is 0 Å². The Morgan fingerprint density at radius 2 is 2.00 bits per heavy atom. The molecular weight excluding hydrogens is 154 g/mol. The Labute approximate surface area is 67.8 Å². The maximum absolute atomic E-state index is 10.5. The summed E-state index contributed by atoms with van der Waals surface area (Å²) in [5, 5.41) is 0. The number of nitrogens with one attached hydrogen (secondary N) is 1. The SMILES string of the molecule is CCC(=O)OC[NH+](C)C.[Cl-]. The van der Waals surface area contributed by atoms with Crippen molar-refractivity contribution in [3.8, 4) is 0 Å². The van der Waals surface area contributed by atoms with E-state index in [0.717, 1.165) is 4.90 Å². The predicted molar refractivity (Wildman–Crippen MR) is 34.1 cm³/mol. The van der Waals surface area contributed by atoms with Crippen molar-refractivity contribution in [1.29, 1.82) is 0 Å². The van der Waals surface area contributed by atoms with E-state index < -0.39 is 0 Å². The van der Waals surface area contributed by atoms with Crippen molar-refractivity contribution in [3.63, 3.8) is 0 Å². The fourth-order valence-corrected chi connectivity index (χ4v) is 0.327. The summed E-state index contributed by atoms with van der Waals surface area (Å²) in [5.41, 5.74) is 0. The summed E-state index contributed by atoms with van der Waals surface area (Å²) in [6.07, 6.45) is 0.466. The molecule has 0 aromatic heterocycles. The van der Waals surface area contributed by atoms with Crippen molar-refractivity contribution >= 4 is 5.97 Å². The summed E-state index contributed by atoms with van der Waals surface area (Å²) in [6, 6.07) is 0. The fourth-order valence-electron chi connectivity index (χ4n) is 0.327. The van der Waals surface area contributed by atoms with Gasteiger partial charge in [-0.2, -0.15) is 0 Å². The minimum absolute atomic E-state index is 0. The molecule has 0 aliphatic rings. The lowest BCUT2D eigenvalue weighted by Crippen LogP contribution is -3.06. The molecular formula is C6H14ClNO2. The number of halogens is 1. The third-order valence-corrected chi connectivity index (χ3v) is 0.811. The van der Waals surface area contributed by atoms with Crippen LogP contribution in [0.2, 0.25) is 0 Å². The Hall–Kier alpha value is -0.280. The van der Waals surface area contributed by atoms with Gasteiger partial charge < -0.3 is 22.0 Å². The summed E-state index contributed by atoms with van der Waals surface area (Å²) >= 11 is 0. The predicted octanol–water partition coefficient (Wildman–Crippen LogP) is -3.95. The van der Waals surface area contributed by atoms with E-state index in [4.69, 9.17) is 4.74 Å². The van der Waals surface area contributed by atoms with E-state index in [9.17, 15) is 4.79 Å². The number of esters is 1. The second-order valence-corrected chi connectivity index (χ2v) is 2.22. The van der Waals surface area contributed by atoms with Crippen LogP contribution in [0.1, 0.15) is 13.3 Å². The van der Waals surface area contributed by atoms with Gasteiger partial charge >= 0.3 is 5.97 Å². The third kappa shape index (κ3) is 7.72. The molecule has 0 radical (unpaired) electrons. The van der Waals surface area contributed by atoms with Crippen LogP contribution in [0.5, 0.6) is 0 Å². The molecule has 4 heteroatoms. The van der Waals surface area contributed by atoms with Gasteiger partial charge in [-0.25, -0.2) is 0 Å². The Morgan fingerprint density at radius 1 is 1.50 bits per heavy atom. The molecule has 10 heavy (non-hydrogen) atoms. The van der Waals surface area contributed by atoms with E-state index in [1.165, 1.54) is 0 Å². The first-order chi connectivity index (χ1) is 4.16. The molecule has 0 amide bonds. The van der Waals surface area contributed by atoms with Crippen LogP contribution in [0.3, 0.4) is 0 Å². The number of hydrogen-bond acceptors (Lipinski definition) is 2. The topological polar surface area (TPSA) is 30.7 Å². The molecule has 3 nitrogen and oxygen atoms in total. The summed E-state index contributed by atoms with van der Waals surface area (Å²) in [5.74, 6) is -0.129. The van der Waals surface area contributed by atoms with Gasteiger partial charge in [-0.3, -0.25) is 4.79 Å². The first-order valence-corrected chi connectivity index (χ1v) is 3.11. The van der Waals surface area contributed by atoms with Gasteiger partial charge in [-0.05, 0) is 0 Å². The highest BCUT2D eigenvalue weighted by atomic mass is 35.5. The largest absolute Gasteiger partial charge is 1.00 e. The standard InChI is InChI=1S/C6H13NO2.ClH/c1-4-6(8)9-5-7(2)3;/h4-5H2,1-3H3;1H. The van der Waals surface area contributed by atoms with Crippen LogP contribution in [0.4, 0.5) is 0 Å². The number of quaternary nitrogens is 1. The molecule has 0 rings (SSSR count). The fraction of sp³-hybridized carbons (Fsp3) is 0.833. The van der Waals surface area contributed by atoms with Crippen LogP contribution in [-0.4, -0.2) is 26.8 Å². The molecule has 0 saturated heterocycles. The monoisotopic (exact) mass is 167 g/mol. The van der Waals surface area contributed by atoms with Gasteiger partial charge in [0.2, 0.25) is 6.73 Å². The molecule has 0 fully saturated rings. The number of hydrogen-bond donors (Lipinski definition) is 1. The van der Waals surface area contributed by atoms with Crippen LogP contribution in [0, 0.1) is 0 Å². The minimum atomic E-state index is -0.129. The van der Waals surface area contributed by atoms with Crippen LogP contribution >= 0.6 is 0 Å². The zero-order valence-corrected chi connectivity index (χ0v) is 7.36. The van der Waals surface area contributed by atoms with Crippen molar-refractivity contribution in [1.82, 2.24) is 0 Å². The quantitative estimate of drug-likeness (QED) is 0.344. The highest BCUT2D eigenvalue weighted by Crippen LogP contribution is 1.78. The zero-order chi connectivity index (χ0) is 7.28. The molecule has 0 bridgehead atoms. The molecule has 0 aliphatic heterocycles. The van der Waals surface area contributed by atoms with E-state index in [1.54, 1.807) is 6.92 Å². The number of carbonyl (C=O) groups excluding carboxylic acids is 1. The van der Waals surface area contributed by atoms with Gasteiger partial charge in [0.05, 0.1) is 14.1 Å². The first kappa shape index (κ1) is 12.4. The van der Waals surface area contributed by atoms with Crippen molar-refractivity contribution in [2.24, 2.45) is 0 Å². The second-order valence-electron chi connectivity index (χ2n) is 2.22. The number of ether oxygens (including phenoxy) is 1. The zero-order valence-electron chi connectivity index (χ0n) is 6.61. The normalized spacial score (nSPS) is 8.80. The number of rotatable bonds is 3. The van der Waals surface area contributed by atoms with Crippen molar-refractivity contribution in [2.75, 3.05) is 20.8 Å². The van der Waals surface area contributed by atoms with Gasteiger partial charge in [0.1, 0.15) is 0 Å². The summed E-state index contributed by atoms with van der Waals surface area (Å²) in [7, 11) is 3.87. The smallest absolute Gasteiger partial charge is 0.309 e. The first-order valence-electron chi connectivity index (χ1n) is 3.11. The Bertz CT molecular complexity index is 95.7. The maximum atomic E-state index is 10.5. The lowest BCUT2D eigenvalue weighted by molar-refractivity contribution is -0.877. The molecule has 0 heterocycles. The lowest BCUT2D eigenvalue weighted by atomic mass is 10.5. The molecule has 0 unspecified atom stereocenters. The van der Waals surface area contributed by atoms with Gasteiger partial charge in [0.15, 0.2) is 0 Å². The summed E-state index contributed by atoms with van der Waals surface area (Å²) in [6.45, 7) is 2.25. The minimum Gasteiger partial charge on any atom is -1.00 e. The van der Waals surface area contributed by atoms with Crippen LogP contribution in [0.25, 0.3) is 0 Å². The molecule has 0 aliphatic carbocycles. The Balaban J connectivity index is 0. The van der Waals surface area contributed by atoms with Crippen LogP contribution in [0.15, 0.2) is 0 Å². The molecule has 0 saturated carbocycles. The molecule has 0 aromatic rings. The van der Waals surface area contributed by atoms with Crippen molar-refractivity contribution in [2.45, 2.75) is 13.3 Å². The van der Waals surface area contributed by atoms with E-state index in [0.29, 0.717) is 13.2 Å². The van der Waals surface area contributed by atoms with E-state index in [-0.39, 0.29) is 18.4 Å².